The van der Waals surface area contributed by atoms with E-state index in [-0.39, 0.29) is 17.7 Å². The zero-order chi connectivity index (χ0) is 6.69. The second-order valence-electron chi connectivity index (χ2n) is 1.90. The van der Waals surface area contributed by atoms with Crippen molar-refractivity contribution in [2.75, 3.05) is 18.8 Å². The summed E-state index contributed by atoms with van der Waals surface area (Å²) < 4.78 is 0. The van der Waals surface area contributed by atoms with Crippen molar-refractivity contribution in [3.63, 3.8) is 0 Å². The third kappa shape index (κ3) is 2.77. The number of aliphatic carboxylic acids is 1. The van der Waals surface area contributed by atoms with Crippen molar-refractivity contribution in [3.8, 4) is 0 Å². The van der Waals surface area contributed by atoms with Crippen LogP contribution in [-0.4, -0.2) is 35.2 Å². The molecule has 1 atom stereocenters. The minimum atomic E-state index is -0.702. The van der Waals surface area contributed by atoms with Crippen molar-refractivity contribution >= 4 is 30.1 Å². The van der Waals surface area contributed by atoms with Gasteiger partial charge in [0.25, 0.3) is 0 Å². The van der Waals surface area contributed by atoms with E-state index in [1.807, 2.05) is 0 Å². The van der Waals surface area contributed by atoms with Crippen molar-refractivity contribution in [3.05, 3.63) is 0 Å². The monoisotopic (exact) mass is 183 g/mol. The van der Waals surface area contributed by atoms with Crippen LogP contribution in [0.2, 0.25) is 0 Å². The fourth-order valence-corrected chi connectivity index (χ4v) is 1.65. The maximum Gasteiger partial charge on any atom is 0.317 e. The lowest BCUT2D eigenvalue weighted by Gasteiger charge is -2.17. The number of carbonyl (C=O) groups is 1. The smallest absolute Gasteiger partial charge is 0.317 e. The quantitative estimate of drug-likeness (QED) is 0.610. The molecular formula is C5H10ClNO2S. The minimum absolute atomic E-state index is 0. The fourth-order valence-electron chi connectivity index (χ4n) is 0.724. The van der Waals surface area contributed by atoms with E-state index in [4.69, 9.17) is 5.11 Å². The van der Waals surface area contributed by atoms with Gasteiger partial charge in [0.05, 0.1) is 0 Å². The molecule has 0 aromatic carbocycles. The lowest BCUT2D eigenvalue weighted by molar-refractivity contribution is -0.136. The van der Waals surface area contributed by atoms with E-state index < -0.39 is 5.97 Å². The predicted octanol–water partition coefficient (Wildman–Crippen LogP) is 0.198. The molecule has 0 bridgehead atoms. The van der Waals surface area contributed by atoms with Crippen LogP contribution in [0.4, 0.5) is 0 Å². The number of thioether (sulfide) groups is 1. The van der Waals surface area contributed by atoms with Gasteiger partial charge in [0, 0.05) is 18.8 Å². The van der Waals surface area contributed by atoms with Gasteiger partial charge in [0.1, 0.15) is 5.25 Å². The van der Waals surface area contributed by atoms with Gasteiger partial charge in [-0.25, -0.2) is 0 Å². The van der Waals surface area contributed by atoms with Gasteiger partial charge >= 0.3 is 5.97 Å². The predicted molar refractivity (Wildman–Crippen MR) is 44.0 cm³/mol. The SMILES string of the molecule is Cl.O=C(O)[C@H]1CNCCS1. The number of halogens is 1. The first kappa shape index (κ1) is 10.1. The summed E-state index contributed by atoms with van der Waals surface area (Å²) in [5.41, 5.74) is 0. The van der Waals surface area contributed by atoms with E-state index in [0.717, 1.165) is 12.3 Å². The van der Waals surface area contributed by atoms with Crippen molar-refractivity contribution in [2.45, 2.75) is 5.25 Å². The van der Waals surface area contributed by atoms with Gasteiger partial charge < -0.3 is 10.4 Å². The molecule has 2 N–H and O–H groups in total. The Hall–Kier alpha value is 0.0700. The highest BCUT2D eigenvalue weighted by molar-refractivity contribution is 8.00. The molecule has 1 aliphatic rings. The Labute approximate surface area is 70.0 Å². The molecule has 5 heteroatoms. The molecule has 60 valence electrons. The highest BCUT2D eigenvalue weighted by Gasteiger charge is 2.19. The van der Waals surface area contributed by atoms with E-state index in [1.165, 1.54) is 11.8 Å². The van der Waals surface area contributed by atoms with Gasteiger partial charge in [-0.05, 0) is 0 Å². The maximum atomic E-state index is 10.3. The van der Waals surface area contributed by atoms with Gasteiger partial charge in [-0.3, -0.25) is 4.79 Å². The van der Waals surface area contributed by atoms with Gasteiger partial charge in [0.2, 0.25) is 0 Å². The van der Waals surface area contributed by atoms with E-state index in [0.29, 0.717) is 6.54 Å². The average Bonchev–Trinajstić information content (AvgIpc) is 1.90. The standard InChI is InChI=1S/C5H9NO2S.ClH/c7-5(8)4-3-6-1-2-9-4;/h4,6H,1-3H2,(H,7,8);1H/t4-;/m1./s1. The molecule has 0 aromatic rings. The molecular weight excluding hydrogens is 174 g/mol. The number of rotatable bonds is 1. The molecule has 0 saturated carbocycles. The molecule has 0 unspecified atom stereocenters. The van der Waals surface area contributed by atoms with Crippen LogP contribution in [0.5, 0.6) is 0 Å². The van der Waals surface area contributed by atoms with Crippen LogP contribution in [0.25, 0.3) is 0 Å². The van der Waals surface area contributed by atoms with Gasteiger partial charge in [0.15, 0.2) is 0 Å². The molecule has 0 aliphatic carbocycles. The van der Waals surface area contributed by atoms with Crippen LogP contribution < -0.4 is 5.32 Å². The molecule has 1 heterocycles. The summed E-state index contributed by atoms with van der Waals surface area (Å²) in [5.74, 6) is 0.212. The number of carboxylic acid groups (broad SMARTS) is 1. The number of carboxylic acids is 1. The third-order valence-electron chi connectivity index (χ3n) is 1.20. The molecule has 0 spiro atoms. The zero-order valence-electron chi connectivity index (χ0n) is 5.37. The second kappa shape index (κ2) is 4.82. The van der Waals surface area contributed by atoms with Gasteiger partial charge in [-0.15, -0.1) is 24.2 Å². The van der Waals surface area contributed by atoms with Crippen molar-refractivity contribution in [2.24, 2.45) is 0 Å². The lowest BCUT2D eigenvalue weighted by Crippen LogP contribution is -2.37. The summed E-state index contributed by atoms with van der Waals surface area (Å²) in [6.45, 7) is 1.55. The molecule has 0 aromatic heterocycles. The zero-order valence-corrected chi connectivity index (χ0v) is 7.00. The summed E-state index contributed by atoms with van der Waals surface area (Å²) in [6.07, 6.45) is 0. The third-order valence-corrected chi connectivity index (χ3v) is 2.41. The summed E-state index contributed by atoms with van der Waals surface area (Å²) in [6, 6.07) is 0. The molecule has 1 fully saturated rings. The normalized spacial score (nSPS) is 25.0. The van der Waals surface area contributed by atoms with Crippen molar-refractivity contribution < 1.29 is 9.90 Å². The van der Waals surface area contributed by atoms with E-state index in [1.54, 1.807) is 0 Å². The van der Waals surface area contributed by atoms with Crippen molar-refractivity contribution in [1.29, 1.82) is 0 Å². The maximum absolute atomic E-state index is 10.3. The highest BCUT2D eigenvalue weighted by atomic mass is 35.5. The summed E-state index contributed by atoms with van der Waals surface area (Å²) >= 11 is 1.51. The molecule has 0 amide bonds. The van der Waals surface area contributed by atoms with Crippen LogP contribution in [0.1, 0.15) is 0 Å². The first-order chi connectivity index (χ1) is 4.30. The molecule has 1 aliphatic heterocycles. The Kier molecular flexibility index (Phi) is 4.85. The highest BCUT2D eigenvalue weighted by Crippen LogP contribution is 2.12. The van der Waals surface area contributed by atoms with E-state index in [9.17, 15) is 4.79 Å². The molecule has 10 heavy (non-hydrogen) atoms. The Morgan fingerprint density at radius 2 is 2.40 bits per heavy atom. The topological polar surface area (TPSA) is 49.3 Å². The Bertz CT molecular complexity index is 116. The summed E-state index contributed by atoms with van der Waals surface area (Å²) in [4.78, 5) is 10.3. The van der Waals surface area contributed by atoms with Crippen molar-refractivity contribution in [1.82, 2.24) is 5.32 Å². The average molecular weight is 184 g/mol. The first-order valence-electron chi connectivity index (χ1n) is 2.86. The molecule has 1 rings (SSSR count). The van der Waals surface area contributed by atoms with E-state index in [2.05, 4.69) is 5.32 Å². The van der Waals surface area contributed by atoms with Crippen LogP contribution in [0.15, 0.2) is 0 Å². The Morgan fingerprint density at radius 1 is 1.70 bits per heavy atom. The fraction of sp³-hybridized carbons (Fsp3) is 0.800. The minimum Gasteiger partial charge on any atom is -0.480 e. The first-order valence-corrected chi connectivity index (χ1v) is 3.90. The second-order valence-corrected chi connectivity index (χ2v) is 3.21. The summed E-state index contributed by atoms with van der Waals surface area (Å²) in [7, 11) is 0. The van der Waals surface area contributed by atoms with E-state index >= 15 is 0 Å². The van der Waals surface area contributed by atoms with Crippen LogP contribution in [0.3, 0.4) is 0 Å². The largest absolute Gasteiger partial charge is 0.480 e. The Morgan fingerprint density at radius 3 is 2.70 bits per heavy atom. The Balaban J connectivity index is 0.000000810. The summed E-state index contributed by atoms with van der Waals surface area (Å²) in [5, 5.41) is 11.3. The lowest BCUT2D eigenvalue weighted by atomic mass is 10.4. The van der Waals surface area contributed by atoms with Crippen LogP contribution in [0, 0.1) is 0 Å². The van der Waals surface area contributed by atoms with Gasteiger partial charge in [-0.1, -0.05) is 0 Å². The van der Waals surface area contributed by atoms with Gasteiger partial charge in [-0.2, -0.15) is 0 Å². The van der Waals surface area contributed by atoms with Crippen LogP contribution in [-0.2, 0) is 4.79 Å². The number of hydrogen-bond acceptors (Lipinski definition) is 3. The van der Waals surface area contributed by atoms with Crippen LogP contribution >= 0.6 is 24.2 Å². The molecule has 3 nitrogen and oxygen atoms in total. The molecule has 1 saturated heterocycles. The number of hydrogen-bond donors (Lipinski definition) is 2. The molecule has 0 radical (unpaired) electrons. The number of nitrogens with one attached hydrogen (secondary N) is 1.